The molecule has 0 fully saturated rings. The SMILES string of the molecule is CC/C(C)=C/c1[nH]nc2ccc(F)cc12. The largest absolute Gasteiger partial charge is 0.277 e. The lowest BCUT2D eigenvalue weighted by Crippen LogP contribution is -1.77. The van der Waals surface area contributed by atoms with Gasteiger partial charge in [-0.3, -0.25) is 5.10 Å². The summed E-state index contributed by atoms with van der Waals surface area (Å²) in [6.07, 6.45) is 2.99. The lowest BCUT2D eigenvalue weighted by Gasteiger charge is -1.94. The zero-order valence-corrected chi connectivity index (χ0v) is 8.84. The Labute approximate surface area is 87.8 Å². The highest BCUT2D eigenvalue weighted by atomic mass is 19.1. The molecule has 2 aromatic rings. The Morgan fingerprint density at radius 1 is 1.53 bits per heavy atom. The van der Waals surface area contributed by atoms with E-state index in [1.54, 1.807) is 6.07 Å². The number of rotatable bonds is 2. The zero-order chi connectivity index (χ0) is 10.8. The molecule has 0 aliphatic heterocycles. The minimum atomic E-state index is -0.229. The van der Waals surface area contributed by atoms with Crippen LogP contribution in [0.2, 0.25) is 0 Å². The van der Waals surface area contributed by atoms with Crippen molar-refractivity contribution in [3.8, 4) is 0 Å². The van der Waals surface area contributed by atoms with Crippen molar-refractivity contribution in [2.45, 2.75) is 20.3 Å². The number of nitrogens with one attached hydrogen (secondary N) is 1. The van der Waals surface area contributed by atoms with Crippen LogP contribution in [-0.2, 0) is 0 Å². The van der Waals surface area contributed by atoms with Crippen molar-refractivity contribution >= 4 is 17.0 Å². The van der Waals surface area contributed by atoms with Crippen LogP contribution in [0.4, 0.5) is 4.39 Å². The summed E-state index contributed by atoms with van der Waals surface area (Å²) in [4.78, 5) is 0. The molecular formula is C12H13FN2. The zero-order valence-electron chi connectivity index (χ0n) is 8.84. The van der Waals surface area contributed by atoms with Gasteiger partial charge in [-0.25, -0.2) is 4.39 Å². The van der Waals surface area contributed by atoms with E-state index in [2.05, 4.69) is 17.1 Å². The van der Waals surface area contributed by atoms with Gasteiger partial charge in [0.25, 0.3) is 0 Å². The predicted octanol–water partition coefficient (Wildman–Crippen LogP) is 3.52. The van der Waals surface area contributed by atoms with Crippen LogP contribution in [0.25, 0.3) is 17.0 Å². The van der Waals surface area contributed by atoms with Gasteiger partial charge in [0.1, 0.15) is 5.82 Å². The number of nitrogens with zero attached hydrogens (tertiary/aromatic N) is 1. The maximum absolute atomic E-state index is 13.1. The van der Waals surface area contributed by atoms with E-state index in [9.17, 15) is 4.39 Å². The Morgan fingerprint density at radius 3 is 3.07 bits per heavy atom. The third-order valence-electron chi connectivity index (χ3n) is 2.49. The lowest BCUT2D eigenvalue weighted by molar-refractivity contribution is 0.629. The Bertz CT molecular complexity index is 511. The molecule has 0 unspecified atom stereocenters. The molecule has 2 rings (SSSR count). The molecule has 15 heavy (non-hydrogen) atoms. The number of benzene rings is 1. The van der Waals surface area contributed by atoms with Crippen molar-refractivity contribution in [2.24, 2.45) is 0 Å². The third-order valence-corrected chi connectivity index (χ3v) is 2.49. The molecular weight excluding hydrogens is 191 g/mol. The second-order valence-corrected chi connectivity index (χ2v) is 3.64. The molecule has 1 heterocycles. The standard InChI is InChI=1S/C12H13FN2/c1-3-8(2)6-12-10-7-9(13)4-5-11(10)14-15-12/h4-7H,3H2,1-2H3,(H,14,15)/b8-6+. The van der Waals surface area contributed by atoms with Crippen LogP contribution >= 0.6 is 0 Å². The molecule has 2 nitrogen and oxygen atoms in total. The van der Waals surface area contributed by atoms with Crippen molar-refractivity contribution in [1.29, 1.82) is 0 Å². The van der Waals surface area contributed by atoms with Crippen LogP contribution in [0.5, 0.6) is 0 Å². The number of hydrogen-bond donors (Lipinski definition) is 1. The molecule has 0 aliphatic carbocycles. The van der Waals surface area contributed by atoms with E-state index in [1.807, 2.05) is 13.0 Å². The Hall–Kier alpha value is -1.64. The first-order valence-electron chi connectivity index (χ1n) is 5.01. The van der Waals surface area contributed by atoms with Crippen LogP contribution < -0.4 is 0 Å². The number of aromatic nitrogens is 2. The molecule has 1 aromatic heterocycles. The molecule has 0 radical (unpaired) electrons. The minimum Gasteiger partial charge on any atom is -0.277 e. The summed E-state index contributed by atoms with van der Waals surface area (Å²) in [6.45, 7) is 4.14. The molecule has 0 saturated carbocycles. The van der Waals surface area contributed by atoms with Crippen LogP contribution in [0.1, 0.15) is 26.0 Å². The highest BCUT2D eigenvalue weighted by Crippen LogP contribution is 2.19. The van der Waals surface area contributed by atoms with Crippen LogP contribution in [-0.4, -0.2) is 10.2 Å². The maximum atomic E-state index is 13.1. The van der Waals surface area contributed by atoms with Gasteiger partial charge < -0.3 is 0 Å². The molecule has 78 valence electrons. The van der Waals surface area contributed by atoms with Crippen molar-refractivity contribution < 1.29 is 4.39 Å². The minimum absolute atomic E-state index is 0.229. The van der Waals surface area contributed by atoms with Gasteiger partial charge in [-0.1, -0.05) is 12.5 Å². The molecule has 0 aliphatic rings. The molecule has 1 aromatic carbocycles. The van der Waals surface area contributed by atoms with Gasteiger partial charge >= 0.3 is 0 Å². The van der Waals surface area contributed by atoms with E-state index in [0.717, 1.165) is 23.0 Å². The third kappa shape index (κ3) is 1.91. The number of hydrogen-bond acceptors (Lipinski definition) is 1. The summed E-state index contributed by atoms with van der Waals surface area (Å²) in [7, 11) is 0. The summed E-state index contributed by atoms with van der Waals surface area (Å²) in [5.41, 5.74) is 2.92. The van der Waals surface area contributed by atoms with Gasteiger partial charge in [0.2, 0.25) is 0 Å². The summed E-state index contributed by atoms with van der Waals surface area (Å²) in [6, 6.07) is 4.61. The van der Waals surface area contributed by atoms with E-state index in [4.69, 9.17) is 0 Å². The van der Waals surface area contributed by atoms with Gasteiger partial charge in [-0.05, 0) is 37.6 Å². The Morgan fingerprint density at radius 2 is 2.33 bits per heavy atom. The highest BCUT2D eigenvalue weighted by molar-refractivity contribution is 5.86. The van der Waals surface area contributed by atoms with E-state index >= 15 is 0 Å². The van der Waals surface area contributed by atoms with Gasteiger partial charge in [-0.15, -0.1) is 0 Å². The fourth-order valence-corrected chi connectivity index (χ4v) is 1.46. The molecule has 0 atom stereocenters. The topological polar surface area (TPSA) is 28.7 Å². The van der Waals surface area contributed by atoms with E-state index in [0.29, 0.717) is 0 Å². The summed E-state index contributed by atoms with van der Waals surface area (Å²) < 4.78 is 13.1. The van der Waals surface area contributed by atoms with Gasteiger partial charge in [0.05, 0.1) is 11.2 Å². The fourth-order valence-electron chi connectivity index (χ4n) is 1.46. The summed E-state index contributed by atoms with van der Waals surface area (Å²) in [5.74, 6) is -0.229. The van der Waals surface area contributed by atoms with Crippen molar-refractivity contribution in [3.05, 3.63) is 35.3 Å². The van der Waals surface area contributed by atoms with Crippen LogP contribution in [0, 0.1) is 5.82 Å². The first kappa shape index (κ1) is 9.90. The quantitative estimate of drug-likeness (QED) is 0.796. The Kier molecular flexibility index (Phi) is 2.54. The molecule has 1 N–H and O–H groups in total. The number of aromatic amines is 1. The van der Waals surface area contributed by atoms with Gasteiger partial charge in [-0.2, -0.15) is 5.10 Å². The number of H-pyrrole nitrogens is 1. The maximum Gasteiger partial charge on any atom is 0.124 e. The lowest BCUT2D eigenvalue weighted by atomic mass is 10.1. The molecule has 0 bridgehead atoms. The summed E-state index contributed by atoms with van der Waals surface area (Å²) >= 11 is 0. The van der Waals surface area contributed by atoms with Crippen molar-refractivity contribution in [3.63, 3.8) is 0 Å². The predicted molar refractivity (Wildman–Crippen MR) is 60.0 cm³/mol. The first-order chi connectivity index (χ1) is 7.20. The van der Waals surface area contributed by atoms with Crippen LogP contribution in [0.15, 0.2) is 23.8 Å². The molecule has 0 amide bonds. The number of fused-ring (bicyclic) bond motifs is 1. The monoisotopic (exact) mass is 204 g/mol. The van der Waals surface area contributed by atoms with Gasteiger partial charge in [0, 0.05) is 5.39 Å². The highest BCUT2D eigenvalue weighted by Gasteiger charge is 2.03. The molecule has 0 spiro atoms. The Balaban J connectivity index is 2.57. The second kappa shape index (κ2) is 3.85. The average Bonchev–Trinajstić information content (AvgIpc) is 2.61. The number of allylic oxidation sites excluding steroid dienone is 1. The second-order valence-electron chi connectivity index (χ2n) is 3.64. The summed E-state index contributed by atoms with van der Waals surface area (Å²) in [5, 5.41) is 7.86. The molecule has 0 saturated heterocycles. The van der Waals surface area contributed by atoms with E-state index in [1.165, 1.54) is 17.7 Å². The van der Waals surface area contributed by atoms with Crippen LogP contribution in [0.3, 0.4) is 0 Å². The number of halogens is 1. The van der Waals surface area contributed by atoms with Crippen molar-refractivity contribution in [1.82, 2.24) is 10.2 Å². The smallest absolute Gasteiger partial charge is 0.124 e. The van der Waals surface area contributed by atoms with E-state index < -0.39 is 0 Å². The van der Waals surface area contributed by atoms with Crippen molar-refractivity contribution in [2.75, 3.05) is 0 Å². The van der Waals surface area contributed by atoms with E-state index in [-0.39, 0.29) is 5.82 Å². The first-order valence-corrected chi connectivity index (χ1v) is 5.01. The van der Waals surface area contributed by atoms with Gasteiger partial charge in [0.15, 0.2) is 0 Å². The molecule has 3 heteroatoms. The average molecular weight is 204 g/mol. The fraction of sp³-hybridized carbons (Fsp3) is 0.250. The normalized spacial score (nSPS) is 12.3.